The fourth-order valence-electron chi connectivity index (χ4n) is 4.76. The van der Waals surface area contributed by atoms with Crippen LogP contribution in [0.5, 0.6) is 0 Å². The van der Waals surface area contributed by atoms with Crippen LogP contribution in [0.1, 0.15) is 95.1 Å². The number of carbonyl (C=O) groups excluding carboxylic acids is 1. The summed E-state index contributed by atoms with van der Waals surface area (Å²) in [6, 6.07) is 7.99. The average Bonchev–Trinajstić information content (AvgIpc) is 3.29. The Morgan fingerprint density at radius 1 is 0.844 bits per heavy atom. The molecule has 0 aliphatic rings. The number of nitrogens with zero attached hydrogens (tertiary/aromatic N) is 2. The Morgan fingerprint density at radius 3 is 1.81 bits per heavy atom. The number of benzene rings is 1. The van der Waals surface area contributed by atoms with E-state index in [1.54, 1.807) is 0 Å². The van der Waals surface area contributed by atoms with E-state index < -0.39 is 6.83 Å². The predicted molar refractivity (Wildman–Crippen MR) is 138 cm³/mol. The third kappa shape index (κ3) is 6.41. The molecular formula is C26H44N3O2P. The van der Waals surface area contributed by atoms with Crippen molar-refractivity contribution in [1.29, 1.82) is 0 Å². The molecule has 180 valence electrons. The van der Waals surface area contributed by atoms with Crippen molar-refractivity contribution in [2.75, 3.05) is 24.6 Å². The van der Waals surface area contributed by atoms with E-state index in [1.807, 2.05) is 31.2 Å². The molecule has 0 fully saturated rings. The first-order chi connectivity index (χ1) is 15.4. The van der Waals surface area contributed by atoms with Crippen LogP contribution in [0.3, 0.4) is 0 Å². The van der Waals surface area contributed by atoms with E-state index in [0.717, 1.165) is 87.1 Å². The van der Waals surface area contributed by atoms with Gasteiger partial charge in [-0.05, 0) is 0 Å². The zero-order valence-electron chi connectivity index (χ0n) is 21.0. The zero-order chi connectivity index (χ0) is 23.5. The Labute approximate surface area is 195 Å². The molecule has 2 rings (SSSR count). The third-order valence-electron chi connectivity index (χ3n) is 6.79. The number of carbonyl (C=O) groups is 1. The normalized spacial score (nSPS) is 13.0. The summed E-state index contributed by atoms with van der Waals surface area (Å²) in [5, 5.41) is 11.3. The maximum absolute atomic E-state index is 13.8. The molecule has 0 aliphatic carbocycles. The monoisotopic (exact) mass is 461 g/mol. The third-order valence-corrected chi connectivity index (χ3v) is 13.3. The molecule has 1 aromatic carbocycles. The molecule has 1 aromatic heterocycles. The number of hydrogen-bond donors (Lipinski definition) is 1. The van der Waals surface area contributed by atoms with Crippen LogP contribution in [0.25, 0.3) is 11.3 Å². The van der Waals surface area contributed by atoms with E-state index >= 15 is 0 Å². The first kappa shape index (κ1) is 26.5. The Hall–Kier alpha value is -1.74. The van der Waals surface area contributed by atoms with E-state index in [4.69, 9.17) is 4.52 Å². The van der Waals surface area contributed by atoms with Crippen LogP contribution in [-0.4, -0.2) is 46.0 Å². The summed E-state index contributed by atoms with van der Waals surface area (Å²) in [7, 11) is 0. The van der Waals surface area contributed by atoms with Crippen molar-refractivity contribution in [3.05, 3.63) is 35.5 Å². The summed E-state index contributed by atoms with van der Waals surface area (Å²) in [6.07, 6.45) is 13.1. The van der Waals surface area contributed by atoms with Gasteiger partial charge in [0.05, 0.1) is 0 Å². The van der Waals surface area contributed by atoms with Crippen LogP contribution in [0.15, 0.2) is 24.3 Å². The molecule has 1 heterocycles. The van der Waals surface area contributed by atoms with Gasteiger partial charge < -0.3 is 0 Å². The van der Waals surface area contributed by atoms with Crippen LogP contribution in [-0.2, 0) is 4.52 Å². The number of unbranched alkanes of at least 4 members (excludes halogenated alkanes) is 4. The quantitative estimate of drug-likeness (QED) is 0.277. The molecule has 0 unspecified atom stereocenters. The molecule has 0 bridgehead atoms. The van der Waals surface area contributed by atoms with Gasteiger partial charge in [0.2, 0.25) is 0 Å². The molecule has 0 saturated carbocycles. The molecule has 0 amide bonds. The van der Waals surface area contributed by atoms with E-state index in [2.05, 4.69) is 43.1 Å². The molecule has 2 aromatic rings. The number of aromatic nitrogens is 3. The SMILES string of the molecule is CCCCP(CCCC)(CCCC)(CCCC)OC(=O)c1n[nH]nc1-c1ccccc1C. The molecular weight excluding hydrogens is 417 g/mol. The molecule has 0 saturated heterocycles. The van der Waals surface area contributed by atoms with E-state index in [-0.39, 0.29) is 5.97 Å². The van der Waals surface area contributed by atoms with Crippen molar-refractivity contribution in [3.8, 4) is 11.3 Å². The molecule has 0 atom stereocenters. The van der Waals surface area contributed by atoms with E-state index in [9.17, 15) is 4.79 Å². The van der Waals surface area contributed by atoms with Gasteiger partial charge in [0.1, 0.15) is 0 Å². The number of aromatic amines is 1. The minimum absolute atomic E-state index is 0.283. The van der Waals surface area contributed by atoms with Gasteiger partial charge in [0.25, 0.3) is 0 Å². The summed E-state index contributed by atoms with van der Waals surface area (Å²) in [4.78, 5) is 13.8. The summed E-state index contributed by atoms with van der Waals surface area (Å²) in [6.45, 7) is 8.26. The second-order valence-corrected chi connectivity index (χ2v) is 15.1. The van der Waals surface area contributed by atoms with Gasteiger partial charge in [-0.1, -0.05) is 0 Å². The molecule has 6 heteroatoms. The summed E-state index contributed by atoms with van der Waals surface area (Å²) >= 11 is 0. The first-order valence-electron chi connectivity index (χ1n) is 12.7. The number of rotatable bonds is 15. The van der Waals surface area contributed by atoms with Gasteiger partial charge in [0.15, 0.2) is 0 Å². The van der Waals surface area contributed by atoms with Crippen LogP contribution < -0.4 is 0 Å². The predicted octanol–water partition coefficient (Wildman–Crippen LogP) is 7.61. The maximum atomic E-state index is 13.8. The second-order valence-electron chi connectivity index (χ2n) is 9.38. The number of nitrogens with one attached hydrogen (secondary N) is 1. The average molecular weight is 462 g/mol. The Kier molecular flexibility index (Phi) is 10.3. The van der Waals surface area contributed by atoms with Gasteiger partial charge in [0, 0.05) is 0 Å². The molecule has 0 spiro atoms. The topological polar surface area (TPSA) is 67.9 Å². The summed E-state index contributed by atoms with van der Waals surface area (Å²) in [5.74, 6) is -0.283. The van der Waals surface area contributed by atoms with Gasteiger partial charge in [-0.25, -0.2) is 0 Å². The zero-order valence-corrected chi connectivity index (χ0v) is 21.8. The van der Waals surface area contributed by atoms with Gasteiger partial charge in [-0.3, -0.25) is 0 Å². The molecule has 32 heavy (non-hydrogen) atoms. The van der Waals surface area contributed by atoms with Crippen molar-refractivity contribution >= 4 is 12.8 Å². The Bertz CT molecular complexity index is 806. The van der Waals surface area contributed by atoms with Gasteiger partial charge in [-0.15, -0.1) is 0 Å². The van der Waals surface area contributed by atoms with Gasteiger partial charge in [-0.2, -0.15) is 0 Å². The van der Waals surface area contributed by atoms with Crippen molar-refractivity contribution < 1.29 is 9.32 Å². The van der Waals surface area contributed by atoms with E-state index in [0.29, 0.717) is 11.4 Å². The van der Waals surface area contributed by atoms with Crippen LogP contribution in [0.4, 0.5) is 0 Å². The van der Waals surface area contributed by atoms with Crippen LogP contribution in [0, 0.1) is 6.92 Å². The summed E-state index contributed by atoms with van der Waals surface area (Å²) in [5.41, 5.74) is 2.93. The molecule has 5 nitrogen and oxygen atoms in total. The fraction of sp³-hybridized carbons (Fsp3) is 0.654. The standard InChI is InChI=1S/C26H44N3O2P/c1-6-10-18-32(19-11-7-2,20-12-8-3,21-13-9-4)31-26(30)25-24(27-29-28-25)23-17-15-14-16-22(23)5/h14-17H,6-13,18-21H2,1-5H3,(H,27,28,29). The molecule has 1 N–H and O–H groups in total. The fourth-order valence-corrected chi connectivity index (χ4v) is 11.5. The first-order valence-corrected chi connectivity index (χ1v) is 15.6. The van der Waals surface area contributed by atoms with Gasteiger partial charge >= 0.3 is 195 Å². The van der Waals surface area contributed by atoms with Crippen molar-refractivity contribution in [3.63, 3.8) is 0 Å². The Balaban J connectivity index is 2.51. The van der Waals surface area contributed by atoms with Crippen LogP contribution in [0.2, 0.25) is 0 Å². The number of H-pyrrole nitrogens is 1. The van der Waals surface area contributed by atoms with Crippen molar-refractivity contribution in [2.24, 2.45) is 0 Å². The van der Waals surface area contributed by atoms with Crippen molar-refractivity contribution in [2.45, 2.75) is 86.0 Å². The number of aryl methyl sites for hydroxylation is 1. The number of hydrogen-bond acceptors (Lipinski definition) is 4. The second kappa shape index (κ2) is 12.5. The van der Waals surface area contributed by atoms with Crippen molar-refractivity contribution in [1.82, 2.24) is 15.4 Å². The van der Waals surface area contributed by atoms with Crippen LogP contribution >= 0.6 is 6.83 Å². The van der Waals surface area contributed by atoms with E-state index in [1.165, 1.54) is 0 Å². The molecule has 0 aliphatic heterocycles. The minimum atomic E-state index is -2.72. The summed E-state index contributed by atoms with van der Waals surface area (Å²) < 4.78 is 6.85. The molecule has 0 radical (unpaired) electrons. The Morgan fingerprint density at radius 2 is 1.34 bits per heavy atom.